The fraction of sp³-hybridized carbons (Fsp3) is 0.400. The first-order valence-corrected chi connectivity index (χ1v) is 6.84. The molecule has 0 amide bonds. The minimum atomic E-state index is 0.733. The van der Waals surface area contributed by atoms with Crippen LogP contribution in [0.4, 0.5) is 11.6 Å². The third kappa shape index (κ3) is 3.23. The molecule has 20 heavy (non-hydrogen) atoms. The number of rotatable bonds is 5. The van der Waals surface area contributed by atoms with E-state index in [9.17, 15) is 0 Å². The standard InChI is InChI=1S/C15H21N5/c1-5-17-14-11(3)15(20-12(4)19-14)18-9-13-6-7-16-8-10(13)2/h6-8H,5,9H2,1-4H3,(H2,17,18,19,20). The molecule has 0 aromatic carbocycles. The highest BCUT2D eigenvalue weighted by molar-refractivity contribution is 5.57. The van der Waals surface area contributed by atoms with E-state index in [2.05, 4.69) is 39.4 Å². The van der Waals surface area contributed by atoms with E-state index in [0.29, 0.717) is 0 Å². The number of aromatic nitrogens is 3. The molecule has 5 heteroatoms. The van der Waals surface area contributed by atoms with Gasteiger partial charge in [0.2, 0.25) is 0 Å². The average molecular weight is 271 g/mol. The third-order valence-corrected chi connectivity index (χ3v) is 3.18. The number of aryl methyl sites for hydroxylation is 2. The second kappa shape index (κ2) is 6.32. The molecular formula is C15H21N5. The maximum atomic E-state index is 4.48. The maximum absolute atomic E-state index is 4.48. The number of pyridine rings is 1. The predicted octanol–water partition coefficient (Wildman–Crippen LogP) is 2.84. The molecule has 0 aliphatic rings. The van der Waals surface area contributed by atoms with Crippen molar-refractivity contribution in [1.82, 2.24) is 15.0 Å². The van der Waals surface area contributed by atoms with Gasteiger partial charge in [-0.05, 0) is 44.9 Å². The van der Waals surface area contributed by atoms with Crippen molar-refractivity contribution in [3.05, 3.63) is 41.0 Å². The van der Waals surface area contributed by atoms with E-state index in [0.717, 1.165) is 36.1 Å². The SMILES string of the molecule is CCNc1nc(C)nc(NCc2ccncc2C)c1C. The van der Waals surface area contributed by atoms with E-state index in [-0.39, 0.29) is 0 Å². The average Bonchev–Trinajstić information content (AvgIpc) is 2.42. The third-order valence-electron chi connectivity index (χ3n) is 3.18. The molecule has 0 spiro atoms. The van der Waals surface area contributed by atoms with Crippen LogP contribution < -0.4 is 10.6 Å². The van der Waals surface area contributed by atoms with Crippen LogP contribution >= 0.6 is 0 Å². The van der Waals surface area contributed by atoms with Gasteiger partial charge in [0.1, 0.15) is 17.5 Å². The Hall–Kier alpha value is -2.17. The lowest BCUT2D eigenvalue weighted by molar-refractivity contribution is 0.987. The van der Waals surface area contributed by atoms with Crippen molar-refractivity contribution in [2.24, 2.45) is 0 Å². The number of hydrogen-bond donors (Lipinski definition) is 2. The predicted molar refractivity (Wildman–Crippen MR) is 82.0 cm³/mol. The first-order valence-electron chi connectivity index (χ1n) is 6.84. The van der Waals surface area contributed by atoms with Crippen molar-refractivity contribution in [2.45, 2.75) is 34.2 Å². The fourth-order valence-corrected chi connectivity index (χ4v) is 2.02. The van der Waals surface area contributed by atoms with Crippen LogP contribution in [0.2, 0.25) is 0 Å². The molecule has 0 saturated heterocycles. The molecule has 0 aliphatic heterocycles. The zero-order valence-corrected chi connectivity index (χ0v) is 12.5. The number of hydrogen-bond acceptors (Lipinski definition) is 5. The minimum absolute atomic E-state index is 0.733. The lowest BCUT2D eigenvalue weighted by Crippen LogP contribution is -2.10. The topological polar surface area (TPSA) is 62.7 Å². The Bertz CT molecular complexity index is 595. The van der Waals surface area contributed by atoms with Crippen LogP contribution in [0.3, 0.4) is 0 Å². The molecular weight excluding hydrogens is 250 g/mol. The van der Waals surface area contributed by atoms with Crippen LogP contribution in [-0.2, 0) is 6.54 Å². The molecule has 0 aliphatic carbocycles. The van der Waals surface area contributed by atoms with Crippen LogP contribution in [0, 0.1) is 20.8 Å². The molecule has 0 bridgehead atoms. The Morgan fingerprint density at radius 1 is 1.05 bits per heavy atom. The maximum Gasteiger partial charge on any atom is 0.135 e. The Morgan fingerprint density at radius 2 is 1.75 bits per heavy atom. The van der Waals surface area contributed by atoms with Crippen LogP contribution in [0.5, 0.6) is 0 Å². The van der Waals surface area contributed by atoms with E-state index < -0.39 is 0 Å². The van der Waals surface area contributed by atoms with E-state index in [4.69, 9.17) is 0 Å². The summed E-state index contributed by atoms with van der Waals surface area (Å²) in [6.45, 7) is 9.64. The van der Waals surface area contributed by atoms with Gasteiger partial charge in [-0.25, -0.2) is 9.97 Å². The summed E-state index contributed by atoms with van der Waals surface area (Å²) in [5, 5.41) is 6.66. The van der Waals surface area contributed by atoms with Crippen molar-refractivity contribution >= 4 is 11.6 Å². The van der Waals surface area contributed by atoms with Gasteiger partial charge in [-0.15, -0.1) is 0 Å². The lowest BCUT2D eigenvalue weighted by atomic mass is 10.1. The fourth-order valence-electron chi connectivity index (χ4n) is 2.02. The monoisotopic (exact) mass is 271 g/mol. The second-order valence-corrected chi connectivity index (χ2v) is 4.78. The first kappa shape index (κ1) is 14.2. The number of anilines is 2. The van der Waals surface area contributed by atoms with Gasteiger partial charge >= 0.3 is 0 Å². The quantitative estimate of drug-likeness (QED) is 0.875. The van der Waals surface area contributed by atoms with Gasteiger partial charge in [0.05, 0.1) is 0 Å². The second-order valence-electron chi connectivity index (χ2n) is 4.78. The summed E-state index contributed by atoms with van der Waals surface area (Å²) < 4.78 is 0. The summed E-state index contributed by atoms with van der Waals surface area (Å²) in [4.78, 5) is 13.0. The summed E-state index contributed by atoms with van der Waals surface area (Å²) in [6.07, 6.45) is 3.69. The highest BCUT2D eigenvalue weighted by Gasteiger charge is 2.08. The van der Waals surface area contributed by atoms with Gasteiger partial charge in [0.15, 0.2) is 0 Å². The Labute approximate surface area is 119 Å². The molecule has 2 heterocycles. The normalized spacial score (nSPS) is 10.4. The molecule has 106 valence electrons. The van der Waals surface area contributed by atoms with Gasteiger partial charge in [-0.1, -0.05) is 0 Å². The molecule has 0 atom stereocenters. The van der Waals surface area contributed by atoms with E-state index >= 15 is 0 Å². The van der Waals surface area contributed by atoms with E-state index in [1.165, 1.54) is 11.1 Å². The van der Waals surface area contributed by atoms with Crippen molar-refractivity contribution in [2.75, 3.05) is 17.2 Å². The van der Waals surface area contributed by atoms with E-state index in [1.807, 2.05) is 32.3 Å². The van der Waals surface area contributed by atoms with Gasteiger partial charge in [-0.3, -0.25) is 4.98 Å². The summed E-state index contributed by atoms with van der Waals surface area (Å²) in [7, 11) is 0. The number of nitrogens with zero attached hydrogens (tertiary/aromatic N) is 3. The van der Waals surface area contributed by atoms with E-state index in [1.54, 1.807) is 0 Å². The van der Waals surface area contributed by atoms with Gasteiger partial charge in [-0.2, -0.15) is 0 Å². The molecule has 2 aromatic rings. The molecule has 2 aromatic heterocycles. The Morgan fingerprint density at radius 3 is 2.40 bits per heavy atom. The van der Waals surface area contributed by atoms with Crippen LogP contribution in [0.1, 0.15) is 29.4 Å². The highest BCUT2D eigenvalue weighted by Crippen LogP contribution is 2.20. The van der Waals surface area contributed by atoms with Crippen molar-refractivity contribution in [1.29, 1.82) is 0 Å². The largest absolute Gasteiger partial charge is 0.370 e. The number of nitrogens with one attached hydrogen (secondary N) is 2. The molecule has 0 radical (unpaired) electrons. The summed E-state index contributed by atoms with van der Waals surface area (Å²) in [5.41, 5.74) is 3.44. The minimum Gasteiger partial charge on any atom is -0.370 e. The van der Waals surface area contributed by atoms with Crippen molar-refractivity contribution in [3.63, 3.8) is 0 Å². The highest BCUT2D eigenvalue weighted by atomic mass is 15.1. The van der Waals surface area contributed by atoms with Crippen LogP contribution in [0.25, 0.3) is 0 Å². The van der Waals surface area contributed by atoms with Gasteiger partial charge < -0.3 is 10.6 Å². The smallest absolute Gasteiger partial charge is 0.135 e. The summed E-state index contributed by atoms with van der Waals surface area (Å²) >= 11 is 0. The van der Waals surface area contributed by atoms with Crippen LogP contribution in [0.15, 0.2) is 18.5 Å². The first-order chi connectivity index (χ1) is 9.61. The van der Waals surface area contributed by atoms with Crippen molar-refractivity contribution < 1.29 is 0 Å². The van der Waals surface area contributed by atoms with Crippen molar-refractivity contribution in [3.8, 4) is 0 Å². The molecule has 2 N–H and O–H groups in total. The Kier molecular flexibility index (Phi) is 4.50. The zero-order chi connectivity index (χ0) is 14.5. The summed E-state index contributed by atoms with van der Waals surface area (Å²) in [5.74, 6) is 2.54. The van der Waals surface area contributed by atoms with Gasteiger partial charge in [0, 0.05) is 31.0 Å². The molecule has 5 nitrogen and oxygen atoms in total. The molecule has 0 saturated carbocycles. The zero-order valence-electron chi connectivity index (χ0n) is 12.5. The molecule has 2 rings (SSSR count). The van der Waals surface area contributed by atoms with Crippen LogP contribution in [-0.4, -0.2) is 21.5 Å². The molecule has 0 fully saturated rings. The summed E-state index contributed by atoms with van der Waals surface area (Å²) in [6, 6.07) is 2.02. The molecule has 0 unspecified atom stereocenters. The lowest BCUT2D eigenvalue weighted by Gasteiger charge is -2.14. The van der Waals surface area contributed by atoms with Gasteiger partial charge in [0.25, 0.3) is 0 Å². The Balaban J connectivity index is 2.19.